The maximum absolute atomic E-state index is 12.3. The van der Waals surface area contributed by atoms with Gasteiger partial charge in [-0.3, -0.25) is 4.79 Å². The Balaban J connectivity index is 2.05. The predicted octanol–water partition coefficient (Wildman–Crippen LogP) is 2.88. The molecule has 4 bridgehead atoms. The van der Waals surface area contributed by atoms with Crippen LogP contribution in [0.3, 0.4) is 0 Å². The molecule has 4 aliphatic rings. The van der Waals surface area contributed by atoms with Crippen LogP contribution in [-0.2, 0) is 4.79 Å². The normalized spacial score (nSPS) is 56.2. The quantitative estimate of drug-likeness (QED) is 0.797. The van der Waals surface area contributed by atoms with E-state index in [0.717, 1.165) is 18.8 Å². The highest BCUT2D eigenvalue weighted by Crippen LogP contribution is 2.68. The largest absolute Gasteiger partial charge is 0.324 e. The minimum atomic E-state index is -0.215. The summed E-state index contributed by atoms with van der Waals surface area (Å²) in [5, 5.41) is 0.466. The Morgan fingerprint density at radius 3 is 2.53 bits per heavy atom. The summed E-state index contributed by atoms with van der Waals surface area (Å²) in [7, 11) is 0. The minimum absolute atomic E-state index is 0.0824. The van der Waals surface area contributed by atoms with Crippen LogP contribution in [0.2, 0.25) is 0 Å². The lowest BCUT2D eigenvalue weighted by Crippen LogP contribution is -2.70. The fraction of sp³-hybridized carbons (Fsp3) is 0.929. The minimum Gasteiger partial charge on any atom is -0.324 e. The molecular formula is C14H22BrNO. The molecule has 0 aromatic carbocycles. The zero-order valence-corrected chi connectivity index (χ0v) is 12.3. The summed E-state index contributed by atoms with van der Waals surface area (Å²) >= 11 is 3.34. The van der Waals surface area contributed by atoms with E-state index >= 15 is 0 Å². The van der Waals surface area contributed by atoms with Crippen molar-refractivity contribution in [1.29, 1.82) is 0 Å². The van der Waals surface area contributed by atoms with Gasteiger partial charge < -0.3 is 5.73 Å². The molecule has 2 N–H and O–H groups in total. The fourth-order valence-corrected chi connectivity index (χ4v) is 6.48. The summed E-state index contributed by atoms with van der Waals surface area (Å²) in [6.45, 7) is 4.69. The number of hydrogen-bond acceptors (Lipinski definition) is 2. The molecule has 5 unspecified atom stereocenters. The number of ketones is 1. The lowest BCUT2D eigenvalue weighted by atomic mass is 9.38. The van der Waals surface area contributed by atoms with E-state index in [1.807, 2.05) is 0 Å². The Bertz CT molecular complexity index is 360. The van der Waals surface area contributed by atoms with Gasteiger partial charge in [-0.25, -0.2) is 0 Å². The summed E-state index contributed by atoms with van der Waals surface area (Å²) < 4.78 is 0. The fourth-order valence-electron chi connectivity index (χ4n) is 6.15. The molecule has 4 saturated carbocycles. The van der Waals surface area contributed by atoms with Gasteiger partial charge in [0.25, 0.3) is 0 Å². The van der Waals surface area contributed by atoms with Gasteiger partial charge in [-0.2, -0.15) is 0 Å². The van der Waals surface area contributed by atoms with E-state index in [1.54, 1.807) is 0 Å². The molecule has 0 radical (unpaired) electrons. The Morgan fingerprint density at radius 1 is 1.29 bits per heavy atom. The molecule has 0 amide bonds. The highest BCUT2D eigenvalue weighted by atomic mass is 79.9. The third kappa shape index (κ3) is 1.58. The van der Waals surface area contributed by atoms with Crippen molar-refractivity contribution >= 4 is 21.7 Å². The van der Waals surface area contributed by atoms with E-state index < -0.39 is 0 Å². The van der Waals surface area contributed by atoms with Crippen LogP contribution in [0.25, 0.3) is 0 Å². The lowest BCUT2D eigenvalue weighted by Gasteiger charge is -2.67. The molecule has 0 heterocycles. The Morgan fingerprint density at radius 2 is 2.00 bits per heavy atom. The topological polar surface area (TPSA) is 43.1 Å². The van der Waals surface area contributed by atoms with Crippen LogP contribution in [0.5, 0.6) is 0 Å². The van der Waals surface area contributed by atoms with Gasteiger partial charge in [-0.15, -0.1) is 0 Å². The van der Waals surface area contributed by atoms with Crippen molar-refractivity contribution in [3.8, 4) is 0 Å². The van der Waals surface area contributed by atoms with E-state index in [-0.39, 0.29) is 16.9 Å². The molecule has 0 aliphatic heterocycles. The summed E-state index contributed by atoms with van der Waals surface area (Å²) in [4.78, 5) is 12.3. The molecule has 5 atom stereocenters. The van der Waals surface area contributed by atoms with Crippen molar-refractivity contribution in [2.45, 2.75) is 51.5 Å². The summed E-state index contributed by atoms with van der Waals surface area (Å²) in [6, 6.07) is 0. The van der Waals surface area contributed by atoms with Gasteiger partial charge in [0.05, 0.1) is 5.33 Å². The summed E-state index contributed by atoms with van der Waals surface area (Å²) in [5.74, 6) is 1.17. The number of hydrogen-bond donors (Lipinski definition) is 1. The smallest absolute Gasteiger partial charge is 0.148 e. The standard InChI is InChI=1S/C14H22BrNO/c1-12-3-9-4-13(2,7-12)11(10(17)6-15)14(16,5-9)8-12/h9,11H,3-8,16H2,1-2H3. The Hall–Kier alpha value is 0.110. The zero-order valence-electron chi connectivity index (χ0n) is 10.8. The molecule has 4 aliphatic carbocycles. The van der Waals surface area contributed by atoms with Crippen LogP contribution in [0, 0.1) is 22.7 Å². The van der Waals surface area contributed by atoms with Crippen LogP contribution in [0.4, 0.5) is 0 Å². The van der Waals surface area contributed by atoms with E-state index in [2.05, 4.69) is 29.8 Å². The van der Waals surface area contributed by atoms with E-state index in [4.69, 9.17) is 5.73 Å². The number of alkyl halides is 1. The van der Waals surface area contributed by atoms with Gasteiger partial charge in [0.2, 0.25) is 0 Å². The van der Waals surface area contributed by atoms with E-state index in [9.17, 15) is 4.79 Å². The maximum Gasteiger partial charge on any atom is 0.148 e. The number of carbonyl (C=O) groups excluding carboxylic acids is 1. The molecule has 0 saturated heterocycles. The number of Topliss-reactive ketones (excluding diaryl/α,β-unsaturated/α-hetero) is 1. The molecule has 4 fully saturated rings. The first-order chi connectivity index (χ1) is 7.80. The molecule has 0 spiro atoms. The molecule has 96 valence electrons. The number of carbonyl (C=O) groups is 1. The van der Waals surface area contributed by atoms with Gasteiger partial charge in [0.15, 0.2) is 0 Å². The SMILES string of the molecule is CC12CC3CC(C)(C1)C(C(=O)CBr)C(N)(C3)C2. The van der Waals surface area contributed by atoms with Crippen LogP contribution < -0.4 is 5.73 Å². The van der Waals surface area contributed by atoms with Crippen molar-refractivity contribution in [3.63, 3.8) is 0 Å². The third-order valence-corrected chi connectivity index (χ3v) is 6.07. The second-order valence-electron chi connectivity index (χ2n) is 7.56. The van der Waals surface area contributed by atoms with Gasteiger partial charge in [0, 0.05) is 11.5 Å². The molecule has 2 nitrogen and oxygen atoms in total. The van der Waals surface area contributed by atoms with Crippen molar-refractivity contribution in [2.24, 2.45) is 28.4 Å². The average Bonchev–Trinajstić information content (AvgIpc) is 2.10. The molecule has 3 heteroatoms. The maximum atomic E-state index is 12.3. The molecular weight excluding hydrogens is 278 g/mol. The van der Waals surface area contributed by atoms with Gasteiger partial charge >= 0.3 is 0 Å². The monoisotopic (exact) mass is 299 g/mol. The van der Waals surface area contributed by atoms with E-state index in [0.29, 0.717) is 16.5 Å². The first-order valence-corrected chi connectivity index (χ1v) is 7.80. The van der Waals surface area contributed by atoms with Gasteiger partial charge in [-0.05, 0) is 48.9 Å². The second kappa shape index (κ2) is 3.36. The Kier molecular flexibility index (Phi) is 2.40. The van der Waals surface area contributed by atoms with Crippen molar-refractivity contribution in [2.75, 3.05) is 5.33 Å². The van der Waals surface area contributed by atoms with Crippen LogP contribution in [0.15, 0.2) is 0 Å². The molecule has 4 rings (SSSR count). The van der Waals surface area contributed by atoms with Gasteiger partial charge in [0.1, 0.15) is 5.78 Å². The number of nitrogens with two attached hydrogens (primary N) is 1. The van der Waals surface area contributed by atoms with Crippen LogP contribution in [0.1, 0.15) is 46.0 Å². The Labute approximate surface area is 112 Å². The van der Waals surface area contributed by atoms with E-state index in [1.165, 1.54) is 19.3 Å². The van der Waals surface area contributed by atoms with Crippen molar-refractivity contribution in [1.82, 2.24) is 0 Å². The molecule has 17 heavy (non-hydrogen) atoms. The van der Waals surface area contributed by atoms with Gasteiger partial charge in [-0.1, -0.05) is 29.8 Å². The summed E-state index contributed by atoms with van der Waals surface area (Å²) in [6.07, 6.45) is 5.86. The summed E-state index contributed by atoms with van der Waals surface area (Å²) in [5.41, 5.74) is 7.01. The van der Waals surface area contributed by atoms with Crippen LogP contribution in [-0.4, -0.2) is 16.7 Å². The van der Waals surface area contributed by atoms with Crippen LogP contribution >= 0.6 is 15.9 Å². The highest BCUT2D eigenvalue weighted by molar-refractivity contribution is 9.09. The van der Waals surface area contributed by atoms with Crippen molar-refractivity contribution in [3.05, 3.63) is 0 Å². The molecule has 0 aromatic heterocycles. The lowest BCUT2D eigenvalue weighted by molar-refractivity contribution is -0.166. The third-order valence-electron chi connectivity index (χ3n) is 5.52. The average molecular weight is 300 g/mol. The first-order valence-electron chi connectivity index (χ1n) is 6.68. The first kappa shape index (κ1) is 12.2. The predicted molar refractivity (Wildman–Crippen MR) is 72.0 cm³/mol. The van der Waals surface area contributed by atoms with Crippen molar-refractivity contribution < 1.29 is 4.79 Å². The molecule has 0 aromatic rings. The number of halogens is 1. The highest BCUT2D eigenvalue weighted by Gasteiger charge is 2.65. The zero-order chi connectivity index (χ0) is 12.5. The second-order valence-corrected chi connectivity index (χ2v) is 8.12. The number of rotatable bonds is 2.